The summed E-state index contributed by atoms with van der Waals surface area (Å²) in [6, 6.07) is 21.9. The summed E-state index contributed by atoms with van der Waals surface area (Å²) >= 11 is 0. The zero-order chi connectivity index (χ0) is 16.4. The molecule has 0 aliphatic rings. The third-order valence-electron chi connectivity index (χ3n) is 4.11. The van der Waals surface area contributed by atoms with Gasteiger partial charge in [0.1, 0.15) is 12.4 Å². The highest BCUT2D eigenvalue weighted by Crippen LogP contribution is 2.25. The molecular formula is C20H16N2O2. The molecule has 118 valence electrons. The number of rotatable bonds is 5. The number of aromatic nitrogens is 2. The number of aldehydes is 1. The number of para-hydroxylation sites is 2. The quantitative estimate of drug-likeness (QED) is 0.521. The number of carbonyl (C=O) groups excluding carboxylic acids is 1. The van der Waals surface area contributed by atoms with Crippen LogP contribution in [-0.2, 0) is 6.54 Å². The van der Waals surface area contributed by atoms with Gasteiger partial charge in [0.05, 0.1) is 17.6 Å². The van der Waals surface area contributed by atoms with Gasteiger partial charge in [0, 0.05) is 5.39 Å². The van der Waals surface area contributed by atoms with E-state index in [9.17, 15) is 4.79 Å². The Morgan fingerprint density at radius 3 is 2.67 bits per heavy atom. The number of imidazole rings is 1. The van der Waals surface area contributed by atoms with Gasteiger partial charge in [0.25, 0.3) is 0 Å². The zero-order valence-electron chi connectivity index (χ0n) is 13.1. The zero-order valence-corrected chi connectivity index (χ0v) is 13.1. The number of hydrogen-bond acceptors (Lipinski definition) is 3. The normalized spacial score (nSPS) is 11.0. The van der Waals surface area contributed by atoms with Crippen molar-refractivity contribution < 1.29 is 9.53 Å². The van der Waals surface area contributed by atoms with Crippen LogP contribution >= 0.6 is 0 Å². The number of fused-ring (bicyclic) bond motifs is 2. The van der Waals surface area contributed by atoms with E-state index in [0.717, 1.165) is 33.8 Å². The lowest BCUT2D eigenvalue weighted by Crippen LogP contribution is -2.11. The molecule has 1 heterocycles. The van der Waals surface area contributed by atoms with Crippen LogP contribution in [0.2, 0.25) is 0 Å². The van der Waals surface area contributed by atoms with Crippen molar-refractivity contribution in [1.29, 1.82) is 0 Å². The second-order valence-electron chi connectivity index (χ2n) is 5.55. The highest BCUT2D eigenvalue weighted by Gasteiger charge is 2.09. The summed E-state index contributed by atoms with van der Waals surface area (Å²) in [7, 11) is 0. The fourth-order valence-electron chi connectivity index (χ4n) is 2.99. The predicted octanol–water partition coefficient (Wildman–Crippen LogP) is 4.08. The van der Waals surface area contributed by atoms with E-state index < -0.39 is 0 Å². The van der Waals surface area contributed by atoms with Crippen LogP contribution in [0, 0.1) is 0 Å². The first-order valence-electron chi connectivity index (χ1n) is 7.88. The molecule has 0 saturated carbocycles. The first kappa shape index (κ1) is 14.5. The van der Waals surface area contributed by atoms with Crippen LogP contribution in [0.4, 0.5) is 0 Å². The Morgan fingerprint density at radius 1 is 0.958 bits per heavy atom. The van der Waals surface area contributed by atoms with Gasteiger partial charge in [-0.05, 0) is 23.6 Å². The molecule has 0 N–H and O–H groups in total. The van der Waals surface area contributed by atoms with Crippen molar-refractivity contribution in [1.82, 2.24) is 9.55 Å². The number of ether oxygens (including phenoxy) is 1. The molecule has 0 amide bonds. The highest BCUT2D eigenvalue weighted by molar-refractivity contribution is 5.88. The number of benzene rings is 3. The van der Waals surface area contributed by atoms with Gasteiger partial charge in [0.15, 0.2) is 12.1 Å². The summed E-state index contributed by atoms with van der Waals surface area (Å²) in [6.07, 6.45) is 0.790. The lowest BCUT2D eigenvalue weighted by atomic mass is 10.1. The molecular weight excluding hydrogens is 300 g/mol. The second kappa shape index (κ2) is 6.16. The largest absolute Gasteiger partial charge is 0.491 e. The van der Waals surface area contributed by atoms with E-state index in [-0.39, 0.29) is 0 Å². The standard InChI is InChI=1S/C20H16N2O2/c23-14-20-21-17-9-3-4-10-18(17)22(20)12-13-24-19-11-5-7-15-6-1-2-8-16(15)19/h1-11,14H,12-13H2. The molecule has 4 aromatic rings. The molecule has 0 saturated heterocycles. The minimum Gasteiger partial charge on any atom is -0.491 e. The number of carbonyl (C=O) groups is 1. The van der Waals surface area contributed by atoms with Crippen molar-refractivity contribution in [3.8, 4) is 5.75 Å². The monoisotopic (exact) mass is 316 g/mol. The minimum absolute atomic E-state index is 0.428. The Hall–Kier alpha value is -3.14. The summed E-state index contributed by atoms with van der Waals surface area (Å²) in [6.45, 7) is 1.03. The van der Waals surface area contributed by atoms with Crippen molar-refractivity contribution >= 4 is 28.1 Å². The first-order valence-corrected chi connectivity index (χ1v) is 7.88. The maximum Gasteiger partial charge on any atom is 0.185 e. The molecule has 1 aromatic heterocycles. The lowest BCUT2D eigenvalue weighted by Gasteiger charge is -2.11. The Morgan fingerprint density at radius 2 is 1.75 bits per heavy atom. The lowest BCUT2D eigenvalue weighted by molar-refractivity contribution is 0.111. The Bertz CT molecular complexity index is 1020. The SMILES string of the molecule is O=Cc1nc2ccccc2n1CCOc1cccc2ccccc12. The van der Waals surface area contributed by atoms with E-state index in [1.807, 2.05) is 59.2 Å². The van der Waals surface area contributed by atoms with Crippen LogP contribution in [-0.4, -0.2) is 22.4 Å². The molecule has 0 atom stereocenters. The van der Waals surface area contributed by atoms with Crippen LogP contribution in [0.25, 0.3) is 21.8 Å². The average Bonchev–Trinajstić information content (AvgIpc) is 3.00. The molecule has 4 heteroatoms. The summed E-state index contributed by atoms with van der Waals surface area (Å²) in [5.74, 6) is 1.28. The van der Waals surface area contributed by atoms with Crippen LogP contribution in [0.5, 0.6) is 5.75 Å². The van der Waals surface area contributed by atoms with Crippen LogP contribution in [0.1, 0.15) is 10.6 Å². The van der Waals surface area contributed by atoms with Crippen molar-refractivity contribution in [2.75, 3.05) is 6.61 Å². The Labute approximate surface area is 139 Å². The average molecular weight is 316 g/mol. The predicted molar refractivity (Wildman–Crippen MR) is 94.6 cm³/mol. The maximum absolute atomic E-state index is 11.3. The van der Waals surface area contributed by atoms with Gasteiger partial charge >= 0.3 is 0 Å². The fraction of sp³-hybridized carbons (Fsp3) is 0.100. The number of hydrogen-bond donors (Lipinski definition) is 0. The Balaban J connectivity index is 1.58. The van der Waals surface area contributed by atoms with Gasteiger partial charge in [0.2, 0.25) is 0 Å². The van der Waals surface area contributed by atoms with Gasteiger partial charge in [-0.25, -0.2) is 4.98 Å². The fourth-order valence-corrected chi connectivity index (χ4v) is 2.99. The second-order valence-corrected chi connectivity index (χ2v) is 5.55. The summed E-state index contributed by atoms with van der Waals surface area (Å²) < 4.78 is 7.87. The molecule has 0 aliphatic heterocycles. The molecule has 0 bridgehead atoms. The molecule has 3 aromatic carbocycles. The molecule has 4 nitrogen and oxygen atoms in total. The van der Waals surface area contributed by atoms with Gasteiger partial charge < -0.3 is 9.30 Å². The third-order valence-corrected chi connectivity index (χ3v) is 4.11. The van der Waals surface area contributed by atoms with Crippen molar-refractivity contribution in [2.24, 2.45) is 0 Å². The summed E-state index contributed by atoms with van der Waals surface area (Å²) in [4.78, 5) is 15.6. The van der Waals surface area contributed by atoms with Crippen LogP contribution in [0.3, 0.4) is 0 Å². The minimum atomic E-state index is 0.428. The van der Waals surface area contributed by atoms with E-state index in [2.05, 4.69) is 17.1 Å². The van der Waals surface area contributed by atoms with Gasteiger partial charge in [-0.1, -0.05) is 48.5 Å². The Kier molecular flexibility index (Phi) is 3.71. The summed E-state index contributed by atoms with van der Waals surface area (Å²) in [5.41, 5.74) is 1.77. The van der Waals surface area contributed by atoms with Crippen LogP contribution < -0.4 is 4.74 Å². The smallest absolute Gasteiger partial charge is 0.185 e. The molecule has 0 aliphatic carbocycles. The van der Waals surface area contributed by atoms with Gasteiger partial charge in [-0.15, -0.1) is 0 Å². The topological polar surface area (TPSA) is 44.1 Å². The van der Waals surface area contributed by atoms with E-state index in [4.69, 9.17) is 4.74 Å². The molecule has 0 fully saturated rings. The highest BCUT2D eigenvalue weighted by atomic mass is 16.5. The van der Waals surface area contributed by atoms with E-state index in [1.165, 1.54) is 0 Å². The maximum atomic E-state index is 11.3. The molecule has 24 heavy (non-hydrogen) atoms. The molecule has 4 rings (SSSR count). The van der Waals surface area contributed by atoms with Crippen LogP contribution in [0.15, 0.2) is 66.7 Å². The molecule has 0 spiro atoms. The number of nitrogens with zero attached hydrogens (tertiary/aromatic N) is 2. The summed E-state index contributed by atoms with van der Waals surface area (Å²) in [5, 5.41) is 2.24. The van der Waals surface area contributed by atoms with Gasteiger partial charge in [-0.2, -0.15) is 0 Å². The van der Waals surface area contributed by atoms with Crippen molar-refractivity contribution in [2.45, 2.75) is 6.54 Å². The van der Waals surface area contributed by atoms with E-state index >= 15 is 0 Å². The third kappa shape index (κ3) is 2.52. The first-order chi connectivity index (χ1) is 11.9. The molecule has 0 unspecified atom stereocenters. The van der Waals surface area contributed by atoms with Crippen molar-refractivity contribution in [3.05, 3.63) is 72.6 Å². The van der Waals surface area contributed by atoms with E-state index in [1.54, 1.807) is 0 Å². The molecule has 0 radical (unpaired) electrons. The van der Waals surface area contributed by atoms with Gasteiger partial charge in [-0.3, -0.25) is 4.79 Å². The van der Waals surface area contributed by atoms with E-state index in [0.29, 0.717) is 19.0 Å². The van der Waals surface area contributed by atoms with Crippen molar-refractivity contribution in [3.63, 3.8) is 0 Å².